The van der Waals surface area contributed by atoms with E-state index in [1.165, 1.54) is 18.2 Å². The van der Waals surface area contributed by atoms with Crippen molar-refractivity contribution in [3.63, 3.8) is 0 Å². The Hall–Kier alpha value is -2.09. The number of amides is 2. The fourth-order valence-corrected chi connectivity index (χ4v) is 2.13. The summed E-state index contributed by atoms with van der Waals surface area (Å²) in [6, 6.07) is 4.14. The van der Waals surface area contributed by atoms with Crippen LogP contribution in [0.25, 0.3) is 0 Å². The quantitative estimate of drug-likeness (QED) is 0.740. The lowest BCUT2D eigenvalue weighted by Crippen LogP contribution is -2.96. The van der Waals surface area contributed by atoms with Crippen molar-refractivity contribution in [2.24, 2.45) is 0 Å². The number of halogens is 3. The highest BCUT2D eigenvalue weighted by molar-refractivity contribution is 5.95. The maximum atomic E-state index is 12.8. The molecule has 4 N–H and O–H groups in total. The van der Waals surface area contributed by atoms with E-state index in [-0.39, 0.29) is 18.0 Å². The second-order valence-corrected chi connectivity index (χ2v) is 4.72. The zero-order valence-electron chi connectivity index (χ0n) is 11.0. The Labute approximate surface area is 118 Å². The number of anilines is 1. The molecule has 21 heavy (non-hydrogen) atoms. The molecule has 1 aliphatic rings. The molecule has 0 saturated carbocycles. The molecule has 0 bridgehead atoms. The van der Waals surface area contributed by atoms with Gasteiger partial charge in [-0.05, 0) is 12.1 Å². The normalized spacial score (nSPS) is 19.0. The van der Waals surface area contributed by atoms with Crippen LogP contribution in [0.3, 0.4) is 0 Å². The molecule has 1 atom stereocenters. The van der Waals surface area contributed by atoms with Gasteiger partial charge in [-0.25, -0.2) is 0 Å². The van der Waals surface area contributed by atoms with E-state index in [4.69, 9.17) is 0 Å². The Kier molecular flexibility index (Phi) is 4.46. The Morgan fingerprint density at radius 3 is 2.76 bits per heavy atom. The Morgan fingerprint density at radius 1 is 1.38 bits per heavy atom. The fraction of sp³-hybridized carbons (Fsp3) is 0.385. The van der Waals surface area contributed by atoms with Gasteiger partial charge in [0.25, 0.3) is 5.91 Å². The number of nitrogens with two attached hydrogens (primary N) is 1. The molecule has 114 valence electrons. The number of hydrogen-bond donors (Lipinski definition) is 3. The standard InChI is InChI=1S/C13H14F3N3O2/c14-13(15,16)8-3-1-2-4-9(8)19-11(20)7-10-12(21)18-6-5-17-10/h1-4,10,17H,5-7H2,(H,18,21)(H,19,20)/p+1/t10-/m0/s1. The summed E-state index contributed by atoms with van der Waals surface area (Å²) in [6.45, 7) is 1.16. The first-order valence-electron chi connectivity index (χ1n) is 6.45. The van der Waals surface area contributed by atoms with Crippen molar-refractivity contribution < 1.29 is 28.1 Å². The van der Waals surface area contributed by atoms with E-state index in [2.05, 4.69) is 10.6 Å². The van der Waals surface area contributed by atoms with Crippen LogP contribution in [0.15, 0.2) is 24.3 Å². The van der Waals surface area contributed by atoms with Crippen molar-refractivity contribution in [3.8, 4) is 0 Å². The van der Waals surface area contributed by atoms with Gasteiger partial charge in [-0.2, -0.15) is 13.2 Å². The first-order valence-corrected chi connectivity index (χ1v) is 6.45. The van der Waals surface area contributed by atoms with Gasteiger partial charge in [-0.1, -0.05) is 12.1 Å². The van der Waals surface area contributed by atoms with E-state index in [0.29, 0.717) is 13.1 Å². The lowest BCUT2D eigenvalue weighted by molar-refractivity contribution is -0.678. The molecule has 1 fully saturated rings. The van der Waals surface area contributed by atoms with Crippen molar-refractivity contribution in [3.05, 3.63) is 29.8 Å². The number of benzene rings is 1. The minimum absolute atomic E-state index is 0.169. The van der Waals surface area contributed by atoms with E-state index in [1.807, 2.05) is 0 Å². The second kappa shape index (κ2) is 6.13. The lowest BCUT2D eigenvalue weighted by Gasteiger charge is -2.20. The molecule has 0 radical (unpaired) electrons. The van der Waals surface area contributed by atoms with Gasteiger partial charge in [-0.15, -0.1) is 0 Å². The molecular weight excluding hydrogens is 287 g/mol. The van der Waals surface area contributed by atoms with Gasteiger partial charge in [0.05, 0.1) is 30.8 Å². The molecule has 0 aromatic heterocycles. The van der Waals surface area contributed by atoms with Crippen molar-refractivity contribution >= 4 is 17.5 Å². The van der Waals surface area contributed by atoms with E-state index in [9.17, 15) is 22.8 Å². The van der Waals surface area contributed by atoms with Crippen LogP contribution >= 0.6 is 0 Å². The van der Waals surface area contributed by atoms with E-state index >= 15 is 0 Å². The van der Waals surface area contributed by atoms with Crippen LogP contribution < -0.4 is 16.0 Å². The van der Waals surface area contributed by atoms with E-state index < -0.39 is 23.7 Å². The van der Waals surface area contributed by atoms with Crippen LogP contribution in [-0.4, -0.2) is 30.9 Å². The molecule has 1 saturated heterocycles. The number of alkyl halides is 3. The molecular formula is C13H15F3N3O2+. The summed E-state index contributed by atoms with van der Waals surface area (Å²) < 4.78 is 38.4. The molecule has 0 unspecified atom stereocenters. The maximum Gasteiger partial charge on any atom is 0.418 e. The molecule has 1 heterocycles. The monoisotopic (exact) mass is 302 g/mol. The smallest absolute Gasteiger partial charge is 0.345 e. The molecule has 0 aliphatic carbocycles. The Bertz CT molecular complexity index is 546. The van der Waals surface area contributed by atoms with E-state index in [1.54, 1.807) is 5.32 Å². The van der Waals surface area contributed by atoms with Gasteiger partial charge in [0.15, 0.2) is 6.04 Å². The number of nitrogens with one attached hydrogen (secondary N) is 2. The highest BCUT2D eigenvalue weighted by Crippen LogP contribution is 2.34. The topological polar surface area (TPSA) is 74.8 Å². The number of rotatable bonds is 3. The van der Waals surface area contributed by atoms with E-state index in [0.717, 1.165) is 6.07 Å². The summed E-state index contributed by atoms with van der Waals surface area (Å²) in [4.78, 5) is 23.3. The first-order chi connectivity index (χ1) is 9.88. The Morgan fingerprint density at radius 2 is 2.10 bits per heavy atom. The molecule has 5 nitrogen and oxygen atoms in total. The minimum Gasteiger partial charge on any atom is -0.345 e. The predicted molar refractivity (Wildman–Crippen MR) is 68.3 cm³/mol. The van der Waals surface area contributed by atoms with Crippen LogP contribution in [0.4, 0.5) is 18.9 Å². The van der Waals surface area contributed by atoms with Crippen LogP contribution in [0.2, 0.25) is 0 Å². The van der Waals surface area contributed by atoms with Gasteiger partial charge < -0.3 is 16.0 Å². The molecule has 2 rings (SSSR count). The van der Waals surface area contributed by atoms with Gasteiger partial charge >= 0.3 is 6.18 Å². The SMILES string of the molecule is O=C(C[C@@H]1[NH2+]CCNC1=O)Nc1ccccc1C(F)(F)F. The van der Waals surface area contributed by atoms with Crippen LogP contribution in [-0.2, 0) is 15.8 Å². The second-order valence-electron chi connectivity index (χ2n) is 4.72. The molecule has 1 aromatic carbocycles. The average Bonchev–Trinajstić information content (AvgIpc) is 2.41. The zero-order valence-corrected chi connectivity index (χ0v) is 11.0. The van der Waals surface area contributed by atoms with Gasteiger partial charge in [0.2, 0.25) is 5.91 Å². The highest BCUT2D eigenvalue weighted by atomic mass is 19.4. The summed E-state index contributed by atoms with van der Waals surface area (Å²) in [5, 5.41) is 6.54. The van der Waals surface area contributed by atoms with Crippen LogP contribution in [0.1, 0.15) is 12.0 Å². The van der Waals surface area contributed by atoms with Crippen molar-refractivity contribution in [2.75, 3.05) is 18.4 Å². The van der Waals surface area contributed by atoms with Crippen molar-refractivity contribution in [1.29, 1.82) is 0 Å². The number of quaternary nitrogens is 1. The summed E-state index contributed by atoms with van der Waals surface area (Å²) in [5.74, 6) is -0.898. The molecule has 1 aromatic rings. The summed E-state index contributed by atoms with van der Waals surface area (Å²) in [7, 11) is 0. The molecule has 1 aliphatic heterocycles. The van der Waals surface area contributed by atoms with Crippen molar-refractivity contribution in [1.82, 2.24) is 5.32 Å². The maximum absolute atomic E-state index is 12.8. The van der Waals surface area contributed by atoms with Crippen LogP contribution in [0, 0.1) is 0 Å². The third kappa shape index (κ3) is 3.94. The fourth-order valence-electron chi connectivity index (χ4n) is 2.13. The summed E-state index contributed by atoms with van der Waals surface area (Å²) >= 11 is 0. The summed E-state index contributed by atoms with van der Waals surface area (Å²) in [5.41, 5.74) is -1.21. The molecule has 8 heteroatoms. The van der Waals surface area contributed by atoms with Gasteiger partial charge in [-0.3, -0.25) is 9.59 Å². The minimum atomic E-state index is -4.54. The number of carbonyl (C=O) groups excluding carboxylic acids is 2. The van der Waals surface area contributed by atoms with Gasteiger partial charge in [0.1, 0.15) is 0 Å². The van der Waals surface area contributed by atoms with Crippen LogP contribution in [0.5, 0.6) is 0 Å². The first kappa shape index (κ1) is 15.3. The Balaban J connectivity index is 2.05. The third-order valence-corrected chi connectivity index (χ3v) is 3.14. The lowest BCUT2D eigenvalue weighted by atomic mass is 10.1. The largest absolute Gasteiger partial charge is 0.418 e. The highest BCUT2D eigenvalue weighted by Gasteiger charge is 2.34. The van der Waals surface area contributed by atoms with Gasteiger partial charge in [0, 0.05) is 0 Å². The van der Waals surface area contributed by atoms with Crippen molar-refractivity contribution in [2.45, 2.75) is 18.6 Å². The number of carbonyl (C=O) groups is 2. The predicted octanol–water partition coefficient (Wildman–Crippen LogP) is 0.0958. The third-order valence-electron chi connectivity index (χ3n) is 3.14. The average molecular weight is 302 g/mol. The zero-order chi connectivity index (χ0) is 15.5. The number of hydrogen-bond acceptors (Lipinski definition) is 2. The molecule has 0 spiro atoms. The number of piperazine rings is 1. The number of para-hydroxylation sites is 1. The summed E-state index contributed by atoms with van der Waals surface area (Å²) in [6.07, 6.45) is -4.71. The molecule has 2 amide bonds.